The Morgan fingerprint density at radius 3 is 2.81 bits per heavy atom. The van der Waals surface area contributed by atoms with E-state index in [0.717, 1.165) is 30.9 Å². The standard InChI is InChI=1S/C12H16N2O2/c1-7-4-5-14-9(6-7)10(12(15)16)13-11(14)8-2-3-8/h7-8H,2-6H2,1H3,(H,15,16). The van der Waals surface area contributed by atoms with Crippen LogP contribution >= 0.6 is 0 Å². The third-order valence-electron chi connectivity index (χ3n) is 3.63. The molecule has 0 spiro atoms. The van der Waals surface area contributed by atoms with Gasteiger partial charge in [0, 0.05) is 12.5 Å². The summed E-state index contributed by atoms with van der Waals surface area (Å²) in [5, 5.41) is 9.17. The predicted octanol–water partition coefficient (Wildman–Crippen LogP) is 2.04. The number of carboxylic acids is 1. The highest BCUT2D eigenvalue weighted by Crippen LogP contribution is 2.41. The van der Waals surface area contributed by atoms with Crippen molar-refractivity contribution in [2.75, 3.05) is 0 Å². The van der Waals surface area contributed by atoms with E-state index in [1.165, 1.54) is 12.8 Å². The minimum atomic E-state index is -0.871. The maximum atomic E-state index is 11.2. The third kappa shape index (κ3) is 1.44. The molecule has 2 heterocycles. The van der Waals surface area contributed by atoms with Gasteiger partial charge >= 0.3 is 5.97 Å². The van der Waals surface area contributed by atoms with Crippen LogP contribution < -0.4 is 0 Å². The summed E-state index contributed by atoms with van der Waals surface area (Å²) < 4.78 is 2.17. The maximum absolute atomic E-state index is 11.2. The van der Waals surface area contributed by atoms with Crippen molar-refractivity contribution in [3.05, 3.63) is 17.2 Å². The Labute approximate surface area is 94.3 Å². The number of hydrogen-bond donors (Lipinski definition) is 1. The zero-order valence-corrected chi connectivity index (χ0v) is 9.44. The van der Waals surface area contributed by atoms with Crippen LogP contribution in [0.2, 0.25) is 0 Å². The summed E-state index contributed by atoms with van der Waals surface area (Å²) in [4.78, 5) is 15.5. The summed E-state index contributed by atoms with van der Waals surface area (Å²) in [6.45, 7) is 3.13. The van der Waals surface area contributed by atoms with Crippen molar-refractivity contribution in [1.29, 1.82) is 0 Å². The quantitative estimate of drug-likeness (QED) is 0.829. The first-order valence-corrected chi connectivity index (χ1v) is 5.99. The molecule has 1 N–H and O–H groups in total. The molecule has 0 amide bonds. The fourth-order valence-corrected chi connectivity index (χ4v) is 2.57. The molecule has 4 heteroatoms. The summed E-state index contributed by atoms with van der Waals surface area (Å²) >= 11 is 0. The molecule has 4 nitrogen and oxygen atoms in total. The van der Waals surface area contributed by atoms with Crippen molar-refractivity contribution < 1.29 is 9.90 Å². The highest BCUT2D eigenvalue weighted by molar-refractivity contribution is 5.87. The molecule has 1 aromatic heterocycles. The molecule has 1 aromatic rings. The van der Waals surface area contributed by atoms with Crippen LogP contribution in [0.25, 0.3) is 0 Å². The Morgan fingerprint density at radius 2 is 2.19 bits per heavy atom. The van der Waals surface area contributed by atoms with Crippen molar-refractivity contribution in [3.63, 3.8) is 0 Å². The van der Waals surface area contributed by atoms with Crippen LogP contribution in [-0.2, 0) is 13.0 Å². The Kier molecular flexibility index (Phi) is 2.06. The van der Waals surface area contributed by atoms with Crippen LogP contribution in [0.1, 0.15) is 54.1 Å². The molecule has 1 fully saturated rings. The van der Waals surface area contributed by atoms with Crippen LogP contribution in [0.4, 0.5) is 0 Å². The van der Waals surface area contributed by atoms with E-state index >= 15 is 0 Å². The Morgan fingerprint density at radius 1 is 1.44 bits per heavy atom. The van der Waals surface area contributed by atoms with E-state index in [1.54, 1.807) is 0 Å². The smallest absolute Gasteiger partial charge is 0.356 e. The summed E-state index contributed by atoms with van der Waals surface area (Å²) in [5.41, 5.74) is 1.25. The molecule has 1 atom stereocenters. The normalized spacial score (nSPS) is 24.2. The minimum Gasteiger partial charge on any atom is -0.476 e. The van der Waals surface area contributed by atoms with E-state index in [9.17, 15) is 4.79 Å². The number of aromatic carboxylic acids is 1. The molecular formula is C12H16N2O2. The van der Waals surface area contributed by atoms with Crippen LogP contribution in [0, 0.1) is 5.92 Å². The van der Waals surface area contributed by atoms with E-state index in [-0.39, 0.29) is 0 Å². The van der Waals surface area contributed by atoms with Gasteiger partial charge in [0.2, 0.25) is 0 Å². The summed E-state index contributed by atoms with van der Waals surface area (Å²) in [7, 11) is 0. The molecule has 1 aliphatic heterocycles. The van der Waals surface area contributed by atoms with Crippen LogP contribution in [0.3, 0.4) is 0 Å². The lowest BCUT2D eigenvalue weighted by molar-refractivity contribution is 0.0689. The van der Waals surface area contributed by atoms with Crippen molar-refractivity contribution in [3.8, 4) is 0 Å². The lowest BCUT2D eigenvalue weighted by Gasteiger charge is -2.22. The van der Waals surface area contributed by atoms with Gasteiger partial charge in [0.15, 0.2) is 5.69 Å². The van der Waals surface area contributed by atoms with Crippen LogP contribution in [0.15, 0.2) is 0 Å². The van der Waals surface area contributed by atoms with E-state index in [0.29, 0.717) is 17.5 Å². The lowest BCUT2D eigenvalue weighted by Crippen LogP contribution is -2.19. The van der Waals surface area contributed by atoms with Gasteiger partial charge in [0.05, 0.1) is 5.69 Å². The largest absolute Gasteiger partial charge is 0.476 e. The van der Waals surface area contributed by atoms with Gasteiger partial charge in [-0.25, -0.2) is 9.78 Å². The number of nitrogens with zero attached hydrogens (tertiary/aromatic N) is 2. The SMILES string of the molecule is CC1CCn2c(C3CC3)nc(C(=O)O)c2C1. The van der Waals surface area contributed by atoms with Crippen LogP contribution in [-0.4, -0.2) is 20.6 Å². The van der Waals surface area contributed by atoms with Gasteiger partial charge in [-0.15, -0.1) is 0 Å². The fourth-order valence-electron chi connectivity index (χ4n) is 2.57. The molecule has 0 radical (unpaired) electrons. The Bertz CT molecular complexity index is 446. The molecule has 1 saturated carbocycles. The second-order valence-electron chi connectivity index (χ2n) is 5.09. The highest BCUT2D eigenvalue weighted by atomic mass is 16.4. The van der Waals surface area contributed by atoms with Gasteiger partial charge in [-0.1, -0.05) is 6.92 Å². The highest BCUT2D eigenvalue weighted by Gasteiger charge is 2.34. The molecule has 0 aromatic carbocycles. The molecule has 86 valence electrons. The number of imidazole rings is 1. The number of rotatable bonds is 2. The van der Waals surface area contributed by atoms with Crippen molar-refractivity contribution in [2.24, 2.45) is 5.92 Å². The maximum Gasteiger partial charge on any atom is 0.356 e. The second kappa shape index (κ2) is 3.34. The molecule has 0 saturated heterocycles. The number of carboxylic acid groups (broad SMARTS) is 1. The number of carbonyl (C=O) groups is 1. The summed E-state index contributed by atoms with van der Waals surface area (Å²) in [6, 6.07) is 0. The molecule has 1 aliphatic carbocycles. The molecule has 0 bridgehead atoms. The van der Waals surface area contributed by atoms with Gasteiger partial charge in [0.1, 0.15) is 5.82 Å². The monoisotopic (exact) mass is 220 g/mol. The molecular weight excluding hydrogens is 204 g/mol. The summed E-state index contributed by atoms with van der Waals surface area (Å²) in [5.74, 6) is 1.26. The van der Waals surface area contributed by atoms with E-state index in [2.05, 4.69) is 16.5 Å². The van der Waals surface area contributed by atoms with Gasteiger partial charge in [-0.05, 0) is 31.6 Å². The number of aromatic nitrogens is 2. The molecule has 1 unspecified atom stereocenters. The Hall–Kier alpha value is -1.32. The van der Waals surface area contributed by atoms with Gasteiger partial charge in [-0.2, -0.15) is 0 Å². The number of fused-ring (bicyclic) bond motifs is 1. The molecule has 2 aliphatic rings. The van der Waals surface area contributed by atoms with Gasteiger partial charge < -0.3 is 9.67 Å². The fraction of sp³-hybridized carbons (Fsp3) is 0.667. The first-order chi connectivity index (χ1) is 7.66. The lowest BCUT2D eigenvalue weighted by atomic mass is 9.97. The van der Waals surface area contributed by atoms with E-state index < -0.39 is 5.97 Å². The topological polar surface area (TPSA) is 55.1 Å². The second-order valence-corrected chi connectivity index (χ2v) is 5.09. The third-order valence-corrected chi connectivity index (χ3v) is 3.63. The zero-order valence-electron chi connectivity index (χ0n) is 9.44. The average molecular weight is 220 g/mol. The van der Waals surface area contributed by atoms with Gasteiger partial charge in [-0.3, -0.25) is 0 Å². The molecule has 16 heavy (non-hydrogen) atoms. The van der Waals surface area contributed by atoms with Crippen molar-refractivity contribution >= 4 is 5.97 Å². The van der Waals surface area contributed by atoms with Crippen molar-refractivity contribution in [2.45, 2.75) is 45.1 Å². The van der Waals surface area contributed by atoms with Crippen LogP contribution in [0.5, 0.6) is 0 Å². The number of hydrogen-bond acceptors (Lipinski definition) is 2. The summed E-state index contributed by atoms with van der Waals surface area (Å²) in [6.07, 6.45) is 4.35. The first kappa shape index (κ1) is 9.87. The molecule has 3 rings (SSSR count). The van der Waals surface area contributed by atoms with E-state index in [4.69, 9.17) is 5.11 Å². The van der Waals surface area contributed by atoms with Crippen molar-refractivity contribution in [1.82, 2.24) is 9.55 Å². The Balaban J connectivity index is 2.09. The minimum absolute atomic E-state index is 0.299. The average Bonchev–Trinajstić information content (AvgIpc) is 2.99. The zero-order chi connectivity index (χ0) is 11.3. The predicted molar refractivity (Wildman–Crippen MR) is 58.6 cm³/mol. The first-order valence-electron chi connectivity index (χ1n) is 5.99. The van der Waals surface area contributed by atoms with Gasteiger partial charge in [0.25, 0.3) is 0 Å². The van der Waals surface area contributed by atoms with E-state index in [1.807, 2.05) is 0 Å².